The highest BCUT2D eigenvalue weighted by Gasteiger charge is 2.09. The molecule has 0 heterocycles. The number of aryl methyl sites for hydroxylation is 2. The molecule has 0 aliphatic heterocycles. The fourth-order valence-electron chi connectivity index (χ4n) is 2.07. The second kappa shape index (κ2) is 7.36. The molecule has 0 aliphatic rings. The molecule has 2 rings (SSSR count). The SMILES string of the molecule is Cc1ccc(CC(=O)N/N=C/c2cc([N+](=O)[O-])ccc2O)cc1C. The average molecular weight is 327 g/mol. The summed E-state index contributed by atoms with van der Waals surface area (Å²) in [5.41, 5.74) is 5.44. The van der Waals surface area contributed by atoms with Gasteiger partial charge in [0.15, 0.2) is 0 Å². The fraction of sp³-hybridized carbons (Fsp3) is 0.176. The van der Waals surface area contributed by atoms with Gasteiger partial charge in [-0.2, -0.15) is 5.10 Å². The second-order valence-corrected chi connectivity index (χ2v) is 5.39. The van der Waals surface area contributed by atoms with Crippen molar-refractivity contribution >= 4 is 17.8 Å². The van der Waals surface area contributed by atoms with Crippen LogP contribution in [-0.4, -0.2) is 22.2 Å². The molecule has 124 valence electrons. The molecule has 0 radical (unpaired) electrons. The van der Waals surface area contributed by atoms with Crippen molar-refractivity contribution in [3.8, 4) is 5.75 Å². The van der Waals surface area contributed by atoms with Crippen LogP contribution in [0, 0.1) is 24.0 Å². The number of nitro benzene ring substituents is 1. The van der Waals surface area contributed by atoms with Crippen LogP contribution in [-0.2, 0) is 11.2 Å². The molecule has 0 saturated heterocycles. The van der Waals surface area contributed by atoms with Crippen molar-refractivity contribution in [2.45, 2.75) is 20.3 Å². The molecule has 7 nitrogen and oxygen atoms in total. The third-order valence-electron chi connectivity index (χ3n) is 3.55. The number of hydrazone groups is 1. The van der Waals surface area contributed by atoms with Gasteiger partial charge in [-0.25, -0.2) is 5.43 Å². The lowest BCUT2D eigenvalue weighted by Crippen LogP contribution is -2.19. The number of benzene rings is 2. The van der Waals surface area contributed by atoms with Crippen LogP contribution in [0.2, 0.25) is 0 Å². The van der Waals surface area contributed by atoms with E-state index in [1.165, 1.54) is 24.4 Å². The van der Waals surface area contributed by atoms with Crippen LogP contribution in [0.4, 0.5) is 5.69 Å². The van der Waals surface area contributed by atoms with Crippen molar-refractivity contribution in [2.75, 3.05) is 0 Å². The zero-order valence-electron chi connectivity index (χ0n) is 13.3. The molecule has 2 N–H and O–H groups in total. The van der Waals surface area contributed by atoms with Gasteiger partial charge in [0.2, 0.25) is 5.91 Å². The van der Waals surface area contributed by atoms with Crippen molar-refractivity contribution in [1.29, 1.82) is 0 Å². The lowest BCUT2D eigenvalue weighted by molar-refractivity contribution is -0.384. The van der Waals surface area contributed by atoms with Crippen LogP contribution in [0.1, 0.15) is 22.3 Å². The molecule has 0 aliphatic carbocycles. The smallest absolute Gasteiger partial charge is 0.270 e. The number of nitro groups is 1. The monoisotopic (exact) mass is 327 g/mol. The maximum atomic E-state index is 11.9. The number of nitrogens with one attached hydrogen (secondary N) is 1. The molecule has 2 aromatic rings. The Morgan fingerprint density at radius 1 is 1.25 bits per heavy atom. The van der Waals surface area contributed by atoms with Crippen LogP contribution in [0.25, 0.3) is 0 Å². The summed E-state index contributed by atoms with van der Waals surface area (Å²) >= 11 is 0. The summed E-state index contributed by atoms with van der Waals surface area (Å²) in [6, 6.07) is 9.32. The Morgan fingerprint density at radius 3 is 2.67 bits per heavy atom. The molecule has 1 amide bonds. The number of amides is 1. The summed E-state index contributed by atoms with van der Waals surface area (Å²) in [5.74, 6) is -0.479. The van der Waals surface area contributed by atoms with Gasteiger partial charge in [0.25, 0.3) is 5.69 Å². The first-order chi connectivity index (χ1) is 11.4. The van der Waals surface area contributed by atoms with E-state index in [0.717, 1.165) is 16.7 Å². The van der Waals surface area contributed by atoms with Gasteiger partial charge in [0.1, 0.15) is 5.75 Å². The molecule has 7 heteroatoms. The average Bonchev–Trinajstić information content (AvgIpc) is 2.52. The summed E-state index contributed by atoms with van der Waals surface area (Å²) in [6.45, 7) is 3.97. The number of phenols is 1. The molecular formula is C17H17N3O4. The molecule has 24 heavy (non-hydrogen) atoms. The quantitative estimate of drug-likeness (QED) is 0.500. The van der Waals surface area contributed by atoms with Gasteiger partial charge in [0.05, 0.1) is 17.6 Å². The van der Waals surface area contributed by atoms with Crippen LogP contribution in [0.5, 0.6) is 5.75 Å². The molecule has 0 spiro atoms. The third kappa shape index (κ3) is 4.39. The van der Waals surface area contributed by atoms with Gasteiger partial charge in [-0.15, -0.1) is 0 Å². The highest BCUT2D eigenvalue weighted by Crippen LogP contribution is 2.21. The van der Waals surface area contributed by atoms with Crippen molar-refractivity contribution < 1.29 is 14.8 Å². The highest BCUT2D eigenvalue weighted by atomic mass is 16.6. The van der Waals surface area contributed by atoms with E-state index in [0.29, 0.717) is 0 Å². The lowest BCUT2D eigenvalue weighted by Gasteiger charge is -2.04. The van der Waals surface area contributed by atoms with Gasteiger partial charge in [0, 0.05) is 17.7 Å². The van der Waals surface area contributed by atoms with E-state index in [9.17, 15) is 20.0 Å². The predicted molar refractivity (Wildman–Crippen MR) is 90.1 cm³/mol. The number of rotatable bonds is 5. The van der Waals surface area contributed by atoms with Crippen molar-refractivity contribution in [3.05, 3.63) is 68.8 Å². The molecule has 0 bridgehead atoms. The third-order valence-corrected chi connectivity index (χ3v) is 3.55. The summed E-state index contributed by atoms with van der Waals surface area (Å²) < 4.78 is 0. The molecular weight excluding hydrogens is 310 g/mol. The highest BCUT2D eigenvalue weighted by molar-refractivity contribution is 5.86. The minimum atomic E-state index is -0.574. The van der Waals surface area contributed by atoms with Gasteiger partial charge in [-0.05, 0) is 36.6 Å². The Morgan fingerprint density at radius 2 is 2.00 bits per heavy atom. The number of aromatic hydroxyl groups is 1. The Hall–Kier alpha value is -3.22. The zero-order chi connectivity index (χ0) is 17.7. The number of phenolic OH excluding ortho intramolecular Hbond substituents is 1. The lowest BCUT2D eigenvalue weighted by atomic mass is 10.0. The Bertz CT molecular complexity index is 815. The van der Waals surface area contributed by atoms with Crippen molar-refractivity contribution in [2.24, 2.45) is 5.10 Å². The largest absolute Gasteiger partial charge is 0.507 e. The minimum Gasteiger partial charge on any atom is -0.507 e. The first-order valence-corrected chi connectivity index (χ1v) is 7.22. The number of carbonyl (C=O) groups excluding carboxylic acids is 1. The molecule has 0 fully saturated rings. The number of hydrogen-bond acceptors (Lipinski definition) is 5. The van der Waals surface area contributed by atoms with Gasteiger partial charge in [-0.1, -0.05) is 18.2 Å². The van der Waals surface area contributed by atoms with E-state index in [4.69, 9.17) is 0 Å². The van der Waals surface area contributed by atoms with E-state index in [2.05, 4.69) is 10.5 Å². The Balaban J connectivity index is 2.00. The summed E-state index contributed by atoms with van der Waals surface area (Å²) in [7, 11) is 0. The van der Waals surface area contributed by atoms with Crippen LogP contribution < -0.4 is 5.43 Å². The maximum Gasteiger partial charge on any atom is 0.270 e. The first kappa shape index (κ1) is 17.1. The first-order valence-electron chi connectivity index (χ1n) is 7.22. The van der Waals surface area contributed by atoms with E-state index in [1.54, 1.807) is 0 Å². The van der Waals surface area contributed by atoms with Gasteiger partial charge in [-0.3, -0.25) is 14.9 Å². The molecule has 2 aromatic carbocycles. The summed E-state index contributed by atoms with van der Waals surface area (Å²) in [4.78, 5) is 22.0. The predicted octanol–water partition coefficient (Wildman–Crippen LogP) is 2.61. The van der Waals surface area contributed by atoms with Crippen molar-refractivity contribution in [1.82, 2.24) is 5.43 Å². The topological polar surface area (TPSA) is 105 Å². The van der Waals surface area contributed by atoms with E-state index >= 15 is 0 Å². The standard InChI is InChI=1S/C17H17N3O4/c1-11-3-4-13(7-12(11)2)8-17(22)19-18-10-14-9-15(20(23)24)5-6-16(14)21/h3-7,9-10,21H,8H2,1-2H3,(H,19,22)/b18-10+. The van der Waals surface area contributed by atoms with Crippen LogP contribution in [0.15, 0.2) is 41.5 Å². The zero-order valence-corrected chi connectivity index (χ0v) is 13.3. The van der Waals surface area contributed by atoms with Crippen molar-refractivity contribution in [3.63, 3.8) is 0 Å². The number of non-ortho nitro benzene ring substituents is 1. The number of hydrogen-bond donors (Lipinski definition) is 2. The summed E-state index contributed by atoms with van der Waals surface area (Å²) in [6.07, 6.45) is 1.33. The summed E-state index contributed by atoms with van der Waals surface area (Å²) in [5, 5.41) is 24.1. The molecule has 0 unspecified atom stereocenters. The van der Waals surface area contributed by atoms with Gasteiger partial charge < -0.3 is 5.11 Å². The molecule has 0 aromatic heterocycles. The molecule has 0 saturated carbocycles. The minimum absolute atomic E-state index is 0.149. The normalized spacial score (nSPS) is 10.8. The Labute approximate surface area is 138 Å². The van der Waals surface area contributed by atoms with Gasteiger partial charge >= 0.3 is 0 Å². The Kier molecular flexibility index (Phi) is 5.26. The van der Waals surface area contributed by atoms with E-state index in [-0.39, 0.29) is 29.3 Å². The number of carbonyl (C=O) groups is 1. The van der Waals surface area contributed by atoms with E-state index < -0.39 is 4.92 Å². The maximum absolute atomic E-state index is 11.9. The van der Waals surface area contributed by atoms with E-state index in [1.807, 2.05) is 32.0 Å². The number of nitrogens with zero attached hydrogens (tertiary/aromatic N) is 2. The van der Waals surface area contributed by atoms with Crippen LogP contribution >= 0.6 is 0 Å². The second-order valence-electron chi connectivity index (χ2n) is 5.39. The van der Waals surface area contributed by atoms with Crippen LogP contribution in [0.3, 0.4) is 0 Å². The fourth-order valence-corrected chi connectivity index (χ4v) is 2.07. The molecule has 0 atom stereocenters.